The van der Waals surface area contributed by atoms with Crippen molar-refractivity contribution in [2.24, 2.45) is 0 Å². The van der Waals surface area contributed by atoms with E-state index in [0.29, 0.717) is 17.1 Å². The van der Waals surface area contributed by atoms with Gasteiger partial charge < -0.3 is 9.15 Å². The number of ether oxygens (including phenoxy) is 1. The van der Waals surface area contributed by atoms with E-state index in [1.807, 2.05) is 19.1 Å². The van der Waals surface area contributed by atoms with Gasteiger partial charge in [-0.15, -0.1) is 0 Å². The molecule has 0 radical (unpaired) electrons. The van der Waals surface area contributed by atoms with Crippen molar-refractivity contribution in [3.8, 4) is 5.75 Å². The first-order valence-electron chi connectivity index (χ1n) is 6.49. The molecular formula is C15H15BrN2O4. The SMILES string of the molecule is Cc1cc(Br)ccc1OCC(=O)NNC(=O)c1ccoc1C. The average Bonchev–Trinajstić information content (AvgIpc) is 2.90. The van der Waals surface area contributed by atoms with Crippen LogP contribution in [0.15, 0.2) is 39.4 Å². The maximum Gasteiger partial charge on any atom is 0.276 e. The first-order valence-corrected chi connectivity index (χ1v) is 7.29. The molecule has 1 aromatic carbocycles. The first kappa shape index (κ1) is 16.1. The summed E-state index contributed by atoms with van der Waals surface area (Å²) < 4.78 is 11.4. The van der Waals surface area contributed by atoms with Crippen LogP contribution >= 0.6 is 15.9 Å². The lowest BCUT2D eigenvalue weighted by Crippen LogP contribution is -2.43. The van der Waals surface area contributed by atoms with Gasteiger partial charge in [0.15, 0.2) is 6.61 Å². The molecule has 0 aliphatic carbocycles. The molecule has 2 amide bonds. The van der Waals surface area contributed by atoms with Crippen molar-refractivity contribution in [3.63, 3.8) is 0 Å². The largest absolute Gasteiger partial charge is 0.483 e. The third-order valence-electron chi connectivity index (χ3n) is 2.91. The second-order valence-corrected chi connectivity index (χ2v) is 5.51. The Hall–Kier alpha value is -2.28. The highest BCUT2D eigenvalue weighted by atomic mass is 79.9. The van der Waals surface area contributed by atoms with Crippen LogP contribution < -0.4 is 15.6 Å². The molecule has 2 N–H and O–H groups in total. The number of amides is 2. The standard InChI is InChI=1S/C15H15BrN2O4/c1-9-7-11(16)3-4-13(9)22-8-14(19)17-18-15(20)12-5-6-21-10(12)2/h3-7H,8H2,1-2H3,(H,17,19)(H,18,20). The fraction of sp³-hybridized carbons (Fsp3) is 0.200. The molecule has 0 aliphatic heterocycles. The van der Waals surface area contributed by atoms with Crippen LogP contribution in [0.4, 0.5) is 0 Å². The van der Waals surface area contributed by atoms with Crippen LogP contribution in [0.1, 0.15) is 21.7 Å². The summed E-state index contributed by atoms with van der Waals surface area (Å²) in [5, 5.41) is 0. The monoisotopic (exact) mass is 366 g/mol. The Bertz CT molecular complexity index is 697. The molecule has 116 valence electrons. The first-order chi connectivity index (χ1) is 10.5. The number of nitrogens with one attached hydrogen (secondary N) is 2. The van der Waals surface area contributed by atoms with Crippen molar-refractivity contribution in [2.45, 2.75) is 13.8 Å². The molecule has 6 nitrogen and oxygen atoms in total. The highest BCUT2D eigenvalue weighted by Crippen LogP contribution is 2.21. The summed E-state index contributed by atoms with van der Waals surface area (Å²) in [6, 6.07) is 7.00. The van der Waals surface area contributed by atoms with Crippen LogP contribution in [0, 0.1) is 13.8 Å². The van der Waals surface area contributed by atoms with Gasteiger partial charge in [0.2, 0.25) is 0 Å². The lowest BCUT2D eigenvalue weighted by molar-refractivity contribution is -0.123. The number of hydrazine groups is 1. The van der Waals surface area contributed by atoms with Crippen LogP contribution in [0.2, 0.25) is 0 Å². The predicted molar refractivity (Wildman–Crippen MR) is 83.4 cm³/mol. The van der Waals surface area contributed by atoms with Gasteiger partial charge in [0, 0.05) is 4.47 Å². The summed E-state index contributed by atoms with van der Waals surface area (Å²) in [4.78, 5) is 23.4. The number of hydrogen-bond acceptors (Lipinski definition) is 4. The average molecular weight is 367 g/mol. The molecule has 2 aromatic rings. The van der Waals surface area contributed by atoms with Gasteiger partial charge in [-0.2, -0.15) is 0 Å². The van der Waals surface area contributed by atoms with E-state index < -0.39 is 11.8 Å². The van der Waals surface area contributed by atoms with Crippen molar-refractivity contribution in [2.75, 3.05) is 6.61 Å². The number of hydrogen-bond donors (Lipinski definition) is 2. The normalized spacial score (nSPS) is 10.1. The van der Waals surface area contributed by atoms with Crippen LogP contribution in [0.25, 0.3) is 0 Å². The fourth-order valence-electron chi connectivity index (χ4n) is 1.77. The molecule has 2 rings (SSSR count). The zero-order valence-electron chi connectivity index (χ0n) is 12.1. The summed E-state index contributed by atoms with van der Waals surface area (Å²) in [5.41, 5.74) is 5.85. The zero-order chi connectivity index (χ0) is 16.1. The zero-order valence-corrected chi connectivity index (χ0v) is 13.7. The third kappa shape index (κ3) is 4.11. The molecule has 0 atom stereocenters. The molecule has 0 aliphatic rings. The maximum absolute atomic E-state index is 11.8. The smallest absolute Gasteiger partial charge is 0.276 e. The van der Waals surface area contributed by atoms with Gasteiger partial charge >= 0.3 is 0 Å². The number of rotatable bonds is 4. The molecule has 0 unspecified atom stereocenters. The van der Waals surface area contributed by atoms with Crippen molar-refractivity contribution in [1.29, 1.82) is 0 Å². The number of aryl methyl sites for hydroxylation is 2. The summed E-state index contributed by atoms with van der Waals surface area (Å²) in [6.45, 7) is 3.34. The number of carbonyl (C=O) groups is 2. The van der Waals surface area contributed by atoms with E-state index in [0.717, 1.165) is 10.0 Å². The number of halogens is 1. The van der Waals surface area contributed by atoms with Gasteiger partial charge in [0.25, 0.3) is 11.8 Å². The molecule has 0 saturated heterocycles. The Labute approximate surface area is 135 Å². The topological polar surface area (TPSA) is 80.6 Å². The highest BCUT2D eigenvalue weighted by Gasteiger charge is 2.12. The van der Waals surface area contributed by atoms with Gasteiger partial charge in [-0.05, 0) is 43.7 Å². The molecular weight excluding hydrogens is 352 g/mol. The van der Waals surface area contributed by atoms with Gasteiger partial charge in [-0.25, -0.2) is 0 Å². The van der Waals surface area contributed by atoms with Crippen molar-refractivity contribution in [1.82, 2.24) is 10.9 Å². The molecule has 0 saturated carbocycles. The lowest BCUT2D eigenvalue weighted by atomic mass is 10.2. The minimum Gasteiger partial charge on any atom is -0.483 e. The Balaban J connectivity index is 1.81. The molecule has 0 spiro atoms. The number of benzene rings is 1. The van der Waals surface area contributed by atoms with Crippen molar-refractivity contribution in [3.05, 3.63) is 51.9 Å². The van der Waals surface area contributed by atoms with Gasteiger partial charge in [-0.3, -0.25) is 20.4 Å². The Morgan fingerprint density at radius 3 is 2.64 bits per heavy atom. The number of carbonyl (C=O) groups excluding carboxylic acids is 2. The van der Waals surface area contributed by atoms with Crippen molar-refractivity contribution < 1.29 is 18.7 Å². The van der Waals surface area contributed by atoms with Gasteiger partial charge in [0.1, 0.15) is 11.5 Å². The van der Waals surface area contributed by atoms with E-state index in [9.17, 15) is 9.59 Å². The Morgan fingerprint density at radius 1 is 1.23 bits per heavy atom. The molecule has 22 heavy (non-hydrogen) atoms. The van der Waals surface area contributed by atoms with Crippen LogP contribution in [0.5, 0.6) is 5.75 Å². The second kappa shape index (κ2) is 7.13. The van der Waals surface area contributed by atoms with Crippen LogP contribution in [0.3, 0.4) is 0 Å². The van der Waals surface area contributed by atoms with E-state index in [1.54, 1.807) is 13.0 Å². The van der Waals surface area contributed by atoms with E-state index in [1.165, 1.54) is 12.3 Å². The molecule has 0 fully saturated rings. The van der Waals surface area contributed by atoms with E-state index in [-0.39, 0.29) is 6.61 Å². The molecule has 1 aromatic heterocycles. The summed E-state index contributed by atoms with van der Waals surface area (Å²) in [5.74, 6) is 0.181. The van der Waals surface area contributed by atoms with E-state index in [2.05, 4.69) is 26.8 Å². The predicted octanol–water partition coefficient (Wildman–Crippen LogP) is 2.50. The van der Waals surface area contributed by atoms with E-state index >= 15 is 0 Å². The second-order valence-electron chi connectivity index (χ2n) is 4.59. The summed E-state index contributed by atoms with van der Waals surface area (Å²) in [7, 11) is 0. The van der Waals surface area contributed by atoms with E-state index in [4.69, 9.17) is 9.15 Å². The quantitative estimate of drug-likeness (QED) is 0.814. The third-order valence-corrected chi connectivity index (χ3v) is 3.41. The Morgan fingerprint density at radius 2 is 2.00 bits per heavy atom. The maximum atomic E-state index is 11.8. The molecule has 1 heterocycles. The van der Waals surface area contributed by atoms with Crippen LogP contribution in [-0.4, -0.2) is 18.4 Å². The molecule has 7 heteroatoms. The Kier molecular flexibility index (Phi) is 5.21. The fourth-order valence-corrected chi connectivity index (χ4v) is 2.24. The van der Waals surface area contributed by atoms with Gasteiger partial charge in [0.05, 0.1) is 11.8 Å². The minimum atomic E-state index is -0.461. The summed E-state index contributed by atoms with van der Waals surface area (Å²) >= 11 is 3.35. The molecule has 0 bridgehead atoms. The van der Waals surface area contributed by atoms with Crippen molar-refractivity contribution >= 4 is 27.7 Å². The van der Waals surface area contributed by atoms with Crippen LogP contribution in [-0.2, 0) is 4.79 Å². The van der Waals surface area contributed by atoms with Gasteiger partial charge in [-0.1, -0.05) is 15.9 Å². The lowest BCUT2D eigenvalue weighted by Gasteiger charge is -2.10. The highest BCUT2D eigenvalue weighted by molar-refractivity contribution is 9.10. The number of furan rings is 1. The minimum absolute atomic E-state index is 0.201. The summed E-state index contributed by atoms with van der Waals surface area (Å²) in [6.07, 6.45) is 1.41.